The number of carbonyl (C=O) groups is 1. The molecule has 0 aliphatic carbocycles. The Morgan fingerprint density at radius 1 is 1.31 bits per heavy atom. The van der Waals surface area contributed by atoms with Crippen LogP contribution < -0.4 is 5.56 Å². The van der Waals surface area contributed by atoms with E-state index in [1.807, 2.05) is 0 Å². The maximum atomic E-state index is 11.4. The fraction of sp³-hybridized carbons (Fsp3) is 0.100. The average molecular weight is 219 g/mol. The summed E-state index contributed by atoms with van der Waals surface area (Å²) in [5.74, 6) is -1.08. The first-order chi connectivity index (χ1) is 7.66. The van der Waals surface area contributed by atoms with Crippen molar-refractivity contribution >= 4 is 5.97 Å². The van der Waals surface area contributed by atoms with Crippen LogP contribution in [-0.2, 0) is 6.67 Å². The monoisotopic (exact) mass is 219 g/mol. The third-order valence-corrected chi connectivity index (χ3v) is 2.06. The summed E-state index contributed by atoms with van der Waals surface area (Å²) in [5, 5.41) is 12.5. The Kier molecular flexibility index (Phi) is 2.55. The molecule has 0 spiro atoms. The van der Waals surface area contributed by atoms with Crippen LogP contribution in [0.15, 0.2) is 41.5 Å². The van der Waals surface area contributed by atoms with Gasteiger partial charge in [0.05, 0.1) is 0 Å². The van der Waals surface area contributed by atoms with E-state index >= 15 is 0 Å². The minimum absolute atomic E-state index is 0.0380. The minimum atomic E-state index is -1.08. The highest BCUT2D eigenvalue weighted by molar-refractivity contribution is 5.84. The predicted octanol–water partition coefficient (Wildman–Crippen LogP) is 0.249. The van der Waals surface area contributed by atoms with Gasteiger partial charge in [-0.1, -0.05) is 6.07 Å². The molecule has 2 aromatic rings. The molecule has 0 saturated heterocycles. The van der Waals surface area contributed by atoms with E-state index in [9.17, 15) is 9.59 Å². The second-order valence-corrected chi connectivity index (χ2v) is 3.20. The number of aromatic nitrogens is 3. The number of carboxylic acid groups (broad SMARTS) is 1. The van der Waals surface area contributed by atoms with Gasteiger partial charge in [-0.2, -0.15) is 5.10 Å². The second kappa shape index (κ2) is 4.01. The molecular weight excluding hydrogens is 210 g/mol. The molecule has 0 fully saturated rings. The molecule has 16 heavy (non-hydrogen) atoms. The Balaban J connectivity index is 2.24. The van der Waals surface area contributed by atoms with E-state index in [0.717, 1.165) is 0 Å². The number of aromatic carboxylic acids is 1. The Bertz CT molecular complexity index is 570. The molecule has 6 nitrogen and oxygen atoms in total. The van der Waals surface area contributed by atoms with Crippen molar-refractivity contribution in [1.82, 2.24) is 14.3 Å². The van der Waals surface area contributed by atoms with Gasteiger partial charge in [-0.15, -0.1) is 0 Å². The van der Waals surface area contributed by atoms with E-state index in [1.165, 1.54) is 27.6 Å². The van der Waals surface area contributed by atoms with Crippen LogP contribution in [-0.4, -0.2) is 25.4 Å². The molecule has 0 saturated carbocycles. The van der Waals surface area contributed by atoms with Crippen molar-refractivity contribution in [3.05, 3.63) is 52.7 Å². The van der Waals surface area contributed by atoms with Crippen LogP contribution in [0.2, 0.25) is 0 Å². The summed E-state index contributed by atoms with van der Waals surface area (Å²) in [6.07, 6.45) is 3.13. The summed E-state index contributed by atoms with van der Waals surface area (Å²) in [5.41, 5.74) is -0.196. The van der Waals surface area contributed by atoms with Gasteiger partial charge in [-0.3, -0.25) is 14.0 Å². The zero-order valence-electron chi connectivity index (χ0n) is 8.28. The smallest absolute Gasteiger partial charge is 0.356 e. The van der Waals surface area contributed by atoms with Crippen molar-refractivity contribution in [3.63, 3.8) is 0 Å². The van der Waals surface area contributed by atoms with Crippen LogP contribution in [0.1, 0.15) is 10.5 Å². The molecule has 82 valence electrons. The van der Waals surface area contributed by atoms with Crippen LogP contribution in [0.5, 0.6) is 0 Å². The summed E-state index contributed by atoms with van der Waals surface area (Å²) < 4.78 is 2.82. The summed E-state index contributed by atoms with van der Waals surface area (Å²) in [7, 11) is 0. The Labute approximate surface area is 90.4 Å². The van der Waals surface area contributed by atoms with E-state index in [0.29, 0.717) is 0 Å². The average Bonchev–Trinajstić information content (AvgIpc) is 2.70. The maximum absolute atomic E-state index is 11.4. The molecule has 0 radical (unpaired) electrons. The Hall–Kier alpha value is -2.37. The molecule has 0 atom stereocenters. The van der Waals surface area contributed by atoms with Gasteiger partial charge in [0.15, 0.2) is 5.69 Å². The molecule has 2 aromatic heterocycles. The topological polar surface area (TPSA) is 77.1 Å². The zero-order valence-corrected chi connectivity index (χ0v) is 8.28. The van der Waals surface area contributed by atoms with Gasteiger partial charge in [0.25, 0.3) is 5.56 Å². The number of hydrogen-bond donors (Lipinski definition) is 1. The molecular formula is C10H9N3O3. The second-order valence-electron chi connectivity index (χ2n) is 3.20. The largest absolute Gasteiger partial charge is 0.476 e. The van der Waals surface area contributed by atoms with Crippen LogP contribution in [0.4, 0.5) is 0 Å². The van der Waals surface area contributed by atoms with Crippen molar-refractivity contribution < 1.29 is 9.90 Å². The molecule has 1 N–H and O–H groups in total. The molecule has 0 bridgehead atoms. The van der Waals surface area contributed by atoms with E-state index < -0.39 is 5.97 Å². The first-order valence-electron chi connectivity index (χ1n) is 4.59. The quantitative estimate of drug-likeness (QED) is 0.802. The zero-order chi connectivity index (χ0) is 11.5. The highest BCUT2D eigenvalue weighted by atomic mass is 16.4. The van der Waals surface area contributed by atoms with Crippen molar-refractivity contribution in [2.24, 2.45) is 0 Å². The number of nitrogens with zero attached hydrogens (tertiary/aromatic N) is 3. The van der Waals surface area contributed by atoms with Crippen LogP contribution in [0.3, 0.4) is 0 Å². The molecule has 2 heterocycles. The number of rotatable bonds is 3. The SMILES string of the molecule is O=C(O)c1ccn(Cn2ccccc2=O)n1. The molecule has 6 heteroatoms. The van der Waals surface area contributed by atoms with Crippen LogP contribution in [0, 0.1) is 0 Å². The van der Waals surface area contributed by atoms with E-state index in [1.54, 1.807) is 18.3 Å². The van der Waals surface area contributed by atoms with Crippen molar-refractivity contribution in [2.75, 3.05) is 0 Å². The molecule has 0 aliphatic heterocycles. The summed E-state index contributed by atoms with van der Waals surface area (Å²) in [6.45, 7) is 0.201. The van der Waals surface area contributed by atoms with Gasteiger partial charge in [0.2, 0.25) is 0 Å². The van der Waals surface area contributed by atoms with E-state index in [4.69, 9.17) is 5.11 Å². The number of hydrogen-bond acceptors (Lipinski definition) is 3. The van der Waals surface area contributed by atoms with E-state index in [-0.39, 0.29) is 17.9 Å². The summed E-state index contributed by atoms with van der Waals surface area (Å²) in [4.78, 5) is 22.0. The maximum Gasteiger partial charge on any atom is 0.356 e. The fourth-order valence-electron chi connectivity index (χ4n) is 1.29. The van der Waals surface area contributed by atoms with Gasteiger partial charge in [0.1, 0.15) is 6.67 Å². The molecule has 0 aliphatic rings. The molecule has 0 amide bonds. The van der Waals surface area contributed by atoms with E-state index in [2.05, 4.69) is 5.10 Å². The Morgan fingerprint density at radius 2 is 2.12 bits per heavy atom. The first-order valence-corrected chi connectivity index (χ1v) is 4.59. The number of pyridine rings is 1. The molecule has 0 aromatic carbocycles. The van der Waals surface area contributed by atoms with Crippen molar-refractivity contribution in [2.45, 2.75) is 6.67 Å². The molecule has 0 unspecified atom stereocenters. The summed E-state index contributed by atoms with van der Waals surface area (Å²) >= 11 is 0. The van der Waals surface area contributed by atoms with Crippen LogP contribution in [0.25, 0.3) is 0 Å². The first kappa shape index (κ1) is 10.2. The lowest BCUT2D eigenvalue weighted by Gasteiger charge is -2.04. The lowest BCUT2D eigenvalue weighted by atomic mass is 10.5. The lowest BCUT2D eigenvalue weighted by molar-refractivity contribution is 0.0689. The number of carboxylic acids is 1. The van der Waals surface area contributed by atoms with Crippen LogP contribution >= 0.6 is 0 Å². The standard InChI is InChI=1S/C10H9N3O3/c14-9-3-1-2-5-12(9)7-13-6-4-8(11-13)10(15)16/h1-6H,7H2,(H,15,16). The minimum Gasteiger partial charge on any atom is -0.476 e. The fourth-order valence-corrected chi connectivity index (χ4v) is 1.29. The summed E-state index contributed by atoms with van der Waals surface area (Å²) in [6, 6.07) is 6.19. The van der Waals surface area contributed by atoms with Gasteiger partial charge in [0, 0.05) is 18.5 Å². The normalized spacial score (nSPS) is 10.2. The van der Waals surface area contributed by atoms with Gasteiger partial charge < -0.3 is 5.11 Å². The van der Waals surface area contributed by atoms with Gasteiger partial charge >= 0.3 is 5.97 Å². The third-order valence-electron chi connectivity index (χ3n) is 2.06. The van der Waals surface area contributed by atoms with Crippen molar-refractivity contribution in [1.29, 1.82) is 0 Å². The predicted molar refractivity (Wildman–Crippen MR) is 55.3 cm³/mol. The highest BCUT2D eigenvalue weighted by Crippen LogP contribution is 1.95. The Morgan fingerprint density at radius 3 is 2.75 bits per heavy atom. The molecule has 2 rings (SSSR count). The van der Waals surface area contributed by atoms with Gasteiger partial charge in [-0.25, -0.2) is 4.79 Å². The van der Waals surface area contributed by atoms with Crippen molar-refractivity contribution in [3.8, 4) is 0 Å². The lowest BCUT2D eigenvalue weighted by Crippen LogP contribution is -2.22. The van der Waals surface area contributed by atoms with Gasteiger partial charge in [-0.05, 0) is 12.1 Å². The highest BCUT2D eigenvalue weighted by Gasteiger charge is 2.06. The third kappa shape index (κ3) is 2.00.